The van der Waals surface area contributed by atoms with Crippen molar-refractivity contribution >= 4 is 33.1 Å². The molecule has 6 nitrogen and oxygen atoms in total. The van der Waals surface area contributed by atoms with Crippen LogP contribution in [0, 0.1) is 18.3 Å². The SMILES string of the molecule is Cc1cc(N2CC[C@]3(CCC[C@H]3N(C)C)C2)c(Cl)cc1S(=O)(=O)Nc1cccc(F)n1. The molecule has 0 amide bonds. The van der Waals surface area contributed by atoms with Crippen LogP contribution in [0.15, 0.2) is 35.2 Å². The maximum atomic E-state index is 13.3. The van der Waals surface area contributed by atoms with Crippen LogP contribution in [-0.4, -0.2) is 51.5 Å². The van der Waals surface area contributed by atoms with E-state index in [1.807, 2.05) is 6.07 Å². The average molecular weight is 467 g/mol. The first-order chi connectivity index (χ1) is 14.6. The zero-order valence-corrected chi connectivity index (χ0v) is 19.6. The van der Waals surface area contributed by atoms with E-state index >= 15 is 0 Å². The summed E-state index contributed by atoms with van der Waals surface area (Å²) in [5.41, 5.74) is 1.71. The van der Waals surface area contributed by atoms with Crippen LogP contribution in [0.2, 0.25) is 5.02 Å². The highest BCUT2D eigenvalue weighted by Crippen LogP contribution is 2.49. The summed E-state index contributed by atoms with van der Waals surface area (Å²) in [6.45, 7) is 3.57. The molecular weight excluding hydrogens is 439 g/mol. The van der Waals surface area contributed by atoms with Crippen molar-refractivity contribution in [2.75, 3.05) is 36.8 Å². The summed E-state index contributed by atoms with van der Waals surface area (Å²) < 4.78 is 41.5. The van der Waals surface area contributed by atoms with Gasteiger partial charge in [-0.15, -0.1) is 0 Å². The molecule has 1 aromatic heterocycles. The highest BCUT2D eigenvalue weighted by molar-refractivity contribution is 7.92. The lowest BCUT2D eigenvalue weighted by atomic mass is 9.81. The summed E-state index contributed by atoms with van der Waals surface area (Å²) >= 11 is 6.59. The van der Waals surface area contributed by atoms with E-state index in [0.717, 1.165) is 31.3 Å². The molecule has 1 saturated heterocycles. The lowest BCUT2D eigenvalue weighted by Gasteiger charge is -2.36. The van der Waals surface area contributed by atoms with E-state index in [-0.39, 0.29) is 16.1 Å². The second-order valence-electron chi connectivity index (χ2n) is 8.93. The van der Waals surface area contributed by atoms with E-state index in [9.17, 15) is 12.8 Å². The molecule has 2 aliphatic rings. The first kappa shape index (κ1) is 22.3. The first-order valence-corrected chi connectivity index (χ1v) is 12.3. The largest absolute Gasteiger partial charge is 0.370 e. The topological polar surface area (TPSA) is 65.5 Å². The van der Waals surface area contributed by atoms with Gasteiger partial charge in [-0.05, 0) is 70.1 Å². The molecular formula is C22H28ClFN4O2S. The Morgan fingerprint density at radius 1 is 1.29 bits per heavy atom. The highest BCUT2D eigenvalue weighted by atomic mass is 35.5. The smallest absolute Gasteiger partial charge is 0.263 e. The zero-order chi connectivity index (χ0) is 22.4. The molecule has 31 heavy (non-hydrogen) atoms. The third-order valence-corrected chi connectivity index (χ3v) is 8.50. The third-order valence-electron chi connectivity index (χ3n) is 6.70. The normalized spacial score (nSPS) is 23.8. The lowest BCUT2D eigenvalue weighted by molar-refractivity contribution is 0.153. The van der Waals surface area contributed by atoms with Gasteiger partial charge in [0.2, 0.25) is 5.95 Å². The Labute approximate surface area is 188 Å². The lowest BCUT2D eigenvalue weighted by Crippen LogP contribution is -2.42. The van der Waals surface area contributed by atoms with Gasteiger partial charge in [-0.1, -0.05) is 24.1 Å². The van der Waals surface area contributed by atoms with Crippen LogP contribution < -0.4 is 9.62 Å². The molecule has 9 heteroatoms. The molecule has 0 unspecified atom stereocenters. The summed E-state index contributed by atoms with van der Waals surface area (Å²) in [6, 6.07) is 7.84. The summed E-state index contributed by atoms with van der Waals surface area (Å²) in [5, 5.41) is 0.398. The number of aryl methyl sites for hydroxylation is 1. The third kappa shape index (κ3) is 4.25. The summed E-state index contributed by atoms with van der Waals surface area (Å²) in [5.74, 6) is -0.826. The Hall–Kier alpha value is -1.90. The van der Waals surface area contributed by atoms with Gasteiger partial charge < -0.3 is 9.80 Å². The number of halogens is 2. The number of nitrogens with zero attached hydrogens (tertiary/aromatic N) is 3. The van der Waals surface area contributed by atoms with Crippen molar-refractivity contribution in [2.24, 2.45) is 5.41 Å². The highest BCUT2D eigenvalue weighted by Gasteiger charge is 2.48. The number of aromatic nitrogens is 1. The fourth-order valence-electron chi connectivity index (χ4n) is 5.34. The number of anilines is 2. The number of pyridine rings is 1. The van der Waals surface area contributed by atoms with E-state index in [0.29, 0.717) is 16.6 Å². The molecule has 1 N–H and O–H groups in total. The van der Waals surface area contributed by atoms with E-state index < -0.39 is 16.0 Å². The van der Waals surface area contributed by atoms with Crippen molar-refractivity contribution in [3.8, 4) is 0 Å². The first-order valence-electron chi connectivity index (χ1n) is 10.5. The van der Waals surface area contributed by atoms with Gasteiger partial charge in [0.05, 0.1) is 15.6 Å². The predicted octanol–water partition coefficient (Wildman–Crippen LogP) is 4.29. The Morgan fingerprint density at radius 2 is 2.06 bits per heavy atom. The number of rotatable bonds is 5. The molecule has 1 spiro atoms. The Kier molecular flexibility index (Phi) is 5.91. The predicted molar refractivity (Wildman–Crippen MR) is 122 cm³/mol. The van der Waals surface area contributed by atoms with Crippen LogP contribution >= 0.6 is 11.6 Å². The van der Waals surface area contributed by atoms with Crippen LogP contribution in [0.5, 0.6) is 0 Å². The van der Waals surface area contributed by atoms with E-state index in [1.165, 1.54) is 37.5 Å². The van der Waals surface area contributed by atoms with E-state index in [1.54, 1.807) is 6.92 Å². The minimum Gasteiger partial charge on any atom is -0.370 e. The quantitative estimate of drug-likeness (QED) is 0.666. The Morgan fingerprint density at radius 3 is 2.77 bits per heavy atom. The second kappa shape index (κ2) is 8.22. The molecule has 1 aliphatic carbocycles. The molecule has 2 aromatic rings. The number of benzene rings is 1. The molecule has 0 bridgehead atoms. The van der Waals surface area contributed by atoms with Gasteiger partial charge in [0.25, 0.3) is 10.0 Å². The molecule has 168 valence electrons. The standard InChI is InChI=1S/C22H28ClFN4O2S/c1-15-12-17(28-11-10-22(14-28)9-5-6-19(22)27(2)3)16(23)13-18(15)31(29,30)26-21-8-4-7-20(24)25-21/h4,7-8,12-13,19H,5-6,9-11,14H2,1-3H3,(H,25,26)/t19-,22-/m1/s1. The monoisotopic (exact) mass is 466 g/mol. The Balaban J connectivity index is 1.59. The van der Waals surface area contributed by atoms with Gasteiger partial charge in [-0.2, -0.15) is 4.39 Å². The molecule has 1 aromatic carbocycles. The summed E-state index contributed by atoms with van der Waals surface area (Å²) in [6.07, 6.45) is 4.77. The van der Waals surface area contributed by atoms with Gasteiger partial charge >= 0.3 is 0 Å². The minimum absolute atomic E-state index is 0.0632. The van der Waals surface area contributed by atoms with Crippen LogP contribution in [0.25, 0.3) is 0 Å². The van der Waals surface area contributed by atoms with Crippen molar-refractivity contribution in [2.45, 2.75) is 43.5 Å². The molecule has 2 atom stereocenters. The van der Waals surface area contributed by atoms with E-state index in [2.05, 4.69) is 33.6 Å². The van der Waals surface area contributed by atoms with Crippen molar-refractivity contribution in [3.05, 3.63) is 46.9 Å². The fraction of sp³-hybridized carbons (Fsp3) is 0.500. The Bertz CT molecular complexity index is 1090. The maximum absolute atomic E-state index is 13.3. The fourth-order valence-corrected chi connectivity index (χ4v) is 6.94. The molecule has 0 radical (unpaired) electrons. The molecule has 4 rings (SSSR count). The molecule has 1 aliphatic heterocycles. The average Bonchev–Trinajstić information content (AvgIpc) is 3.30. The van der Waals surface area contributed by atoms with Crippen molar-refractivity contribution < 1.29 is 12.8 Å². The van der Waals surface area contributed by atoms with E-state index in [4.69, 9.17) is 11.6 Å². The maximum Gasteiger partial charge on any atom is 0.263 e. The number of hydrogen-bond donors (Lipinski definition) is 1. The van der Waals surface area contributed by atoms with Crippen LogP contribution in [0.3, 0.4) is 0 Å². The van der Waals surface area contributed by atoms with Gasteiger partial charge in [-0.25, -0.2) is 13.4 Å². The van der Waals surface area contributed by atoms with Gasteiger partial charge in [-0.3, -0.25) is 4.72 Å². The van der Waals surface area contributed by atoms with Crippen molar-refractivity contribution in [1.82, 2.24) is 9.88 Å². The van der Waals surface area contributed by atoms with Gasteiger partial charge in [0.15, 0.2) is 0 Å². The number of nitrogens with one attached hydrogen (secondary N) is 1. The van der Waals surface area contributed by atoms with Crippen LogP contribution in [0.1, 0.15) is 31.2 Å². The van der Waals surface area contributed by atoms with Crippen molar-refractivity contribution in [1.29, 1.82) is 0 Å². The molecule has 2 heterocycles. The second-order valence-corrected chi connectivity index (χ2v) is 11.0. The number of hydrogen-bond acceptors (Lipinski definition) is 5. The minimum atomic E-state index is -3.95. The number of sulfonamides is 1. The molecule has 1 saturated carbocycles. The summed E-state index contributed by atoms with van der Waals surface area (Å²) in [4.78, 5) is 8.26. The van der Waals surface area contributed by atoms with Gasteiger partial charge in [0.1, 0.15) is 5.82 Å². The van der Waals surface area contributed by atoms with Crippen LogP contribution in [0.4, 0.5) is 15.9 Å². The van der Waals surface area contributed by atoms with Gasteiger partial charge in [0, 0.05) is 24.5 Å². The molecule has 2 fully saturated rings. The van der Waals surface area contributed by atoms with Crippen LogP contribution in [-0.2, 0) is 10.0 Å². The van der Waals surface area contributed by atoms with Crippen molar-refractivity contribution in [3.63, 3.8) is 0 Å². The summed E-state index contributed by atoms with van der Waals surface area (Å²) in [7, 11) is 0.346. The zero-order valence-electron chi connectivity index (χ0n) is 18.0.